The molecule has 0 aliphatic carbocycles. The first kappa shape index (κ1) is 26.6. The molecular formula is C27H35N8O3+. The zero-order chi connectivity index (χ0) is 27.1. The molecule has 0 bridgehead atoms. The molecule has 11 heteroatoms. The van der Waals surface area contributed by atoms with Crippen LogP contribution in [-0.4, -0.2) is 49.6 Å². The zero-order valence-electron chi connectivity index (χ0n) is 22.0. The van der Waals surface area contributed by atoms with Crippen LogP contribution in [-0.2, 0) is 11.4 Å². The molecule has 0 atom stereocenters. The summed E-state index contributed by atoms with van der Waals surface area (Å²) in [4.78, 5) is 16.6. The van der Waals surface area contributed by atoms with Gasteiger partial charge in [0.05, 0.1) is 16.2 Å². The number of aryl methyl sites for hydroxylation is 1. The highest BCUT2D eigenvalue weighted by Gasteiger charge is 2.14. The van der Waals surface area contributed by atoms with Crippen molar-refractivity contribution in [3.63, 3.8) is 0 Å². The van der Waals surface area contributed by atoms with E-state index < -0.39 is 0 Å². The van der Waals surface area contributed by atoms with E-state index in [1.807, 2.05) is 67.6 Å². The summed E-state index contributed by atoms with van der Waals surface area (Å²) in [6, 6.07) is 13.2. The van der Waals surface area contributed by atoms with Crippen LogP contribution >= 0.6 is 0 Å². The molecule has 2 heterocycles. The number of amidine groups is 1. The van der Waals surface area contributed by atoms with E-state index in [0.717, 1.165) is 35.3 Å². The Hall–Kier alpha value is -4.41. The maximum absolute atomic E-state index is 11.8. The lowest BCUT2D eigenvalue weighted by Crippen LogP contribution is -2.25. The summed E-state index contributed by atoms with van der Waals surface area (Å²) in [6.45, 7) is 7.71. The normalized spacial score (nSPS) is 11.8. The Morgan fingerprint density at radius 3 is 2.63 bits per heavy atom. The third-order valence-corrected chi connectivity index (χ3v) is 6.04. The number of carbonyl (C=O) groups is 1. The van der Waals surface area contributed by atoms with E-state index in [0.29, 0.717) is 54.8 Å². The molecule has 4 aromatic rings. The number of ether oxygens (including phenoxy) is 1. The Balaban J connectivity index is 1.42. The molecule has 2 aromatic heterocycles. The zero-order valence-corrected chi connectivity index (χ0v) is 22.0. The summed E-state index contributed by atoms with van der Waals surface area (Å²) in [5, 5.41) is 25.2. The topological polar surface area (TPSA) is 155 Å². The molecule has 0 saturated carbocycles. The lowest BCUT2D eigenvalue weighted by molar-refractivity contribution is -0.121. The smallest absolute Gasteiger partial charge is 0.221 e. The van der Waals surface area contributed by atoms with Crippen molar-refractivity contribution < 1.29 is 14.7 Å². The minimum absolute atomic E-state index is 0.100. The van der Waals surface area contributed by atoms with Crippen LogP contribution < -0.4 is 21.1 Å². The monoisotopic (exact) mass is 519 g/mol. The summed E-state index contributed by atoms with van der Waals surface area (Å²) < 4.78 is 8.01. The SMILES string of the molecule is Cc1nnc2c(NCCCCNC(=O)CC(C)C)nc3cc(OCc4ccc(/C(N)=N/[OH2+])cc4)ccc3n12. The number of anilines is 1. The number of nitrogens with one attached hydrogen (secondary N) is 2. The Bertz CT molecular complexity index is 1430. The second-order valence-corrected chi connectivity index (χ2v) is 9.58. The third kappa shape index (κ3) is 6.47. The van der Waals surface area contributed by atoms with Crippen LogP contribution in [0.25, 0.3) is 16.7 Å². The van der Waals surface area contributed by atoms with Crippen molar-refractivity contribution in [2.75, 3.05) is 18.4 Å². The lowest BCUT2D eigenvalue weighted by Gasteiger charge is -2.12. The predicted octanol–water partition coefficient (Wildman–Crippen LogP) is 2.86. The Labute approximate surface area is 221 Å². The van der Waals surface area contributed by atoms with Crippen molar-refractivity contribution in [2.45, 2.75) is 46.6 Å². The Morgan fingerprint density at radius 1 is 1.13 bits per heavy atom. The molecule has 0 aliphatic rings. The molecule has 2 aromatic carbocycles. The summed E-state index contributed by atoms with van der Waals surface area (Å²) in [6.07, 6.45) is 2.30. The van der Waals surface area contributed by atoms with E-state index in [1.54, 1.807) is 0 Å². The molecule has 0 unspecified atom stereocenters. The number of nitrogens with two attached hydrogens (primary N) is 1. The number of hydrogen-bond acceptors (Lipinski definition) is 7. The number of hydrogen-bond donors (Lipinski definition) is 3. The van der Waals surface area contributed by atoms with Crippen molar-refractivity contribution in [2.24, 2.45) is 16.8 Å². The fraction of sp³-hybridized carbons (Fsp3) is 0.370. The highest BCUT2D eigenvalue weighted by Crippen LogP contribution is 2.25. The Morgan fingerprint density at radius 2 is 1.89 bits per heavy atom. The molecule has 0 saturated heterocycles. The van der Waals surface area contributed by atoms with E-state index in [1.165, 1.54) is 0 Å². The number of rotatable bonds is 12. The minimum atomic E-state index is 0.100. The standard InChI is InChI=1S/C27H34N8O3/c1-17(2)14-24(36)29-12-4-5-13-30-26-27-33-32-18(3)35(27)23-11-10-21(15-22(23)31-26)38-16-19-6-8-20(9-7-19)25(28)34-37/h6-11,15,17,37H,4-5,12-14,16H2,1-3H3,(H2,28,34)(H,29,36)(H,30,31)/p+1. The first-order chi connectivity index (χ1) is 18.4. The fourth-order valence-corrected chi connectivity index (χ4v) is 4.10. The predicted molar refractivity (Wildman–Crippen MR) is 148 cm³/mol. The van der Waals surface area contributed by atoms with Gasteiger partial charge in [0.15, 0.2) is 5.82 Å². The molecule has 6 N–H and O–H groups in total. The molecule has 0 fully saturated rings. The second kappa shape index (κ2) is 12.2. The van der Waals surface area contributed by atoms with Gasteiger partial charge < -0.3 is 26.3 Å². The largest absolute Gasteiger partial charge is 0.489 e. The number of aromatic nitrogens is 4. The highest BCUT2D eigenvalue weighted by molar-refractivity contribution is 5.97. The lowest BCUT2D eigenvalue weighted by atomic mass is 10.1. The second-order valence-electron chi connectivity index (χ2n) is 9.58. The van der Waals surface area contributed by atoms with Gasteiger partial charge >= 0.3 is 0 Å². The molecule has 1 amide bonds. The van der Waals surface area contributed by atoms with Gasteiger partial charge in [0.1, 0.15) is 18.2 Å². The maximum atomic E-state index is 11.8. The number of fused-ring (bicyclic) bond motifs is 3. The van der Waals surface area contributed by atoms with Gasteiger partial charge in [-0.25, -0.2) is 4.98 Å². The Kier molecular flexibility index (Phi) is 8.57. The van der Waals surface area contributed by atoms with Crippen molar-refractivity contribution in [1.29, 1.82) is 0 Å². The van der Waals surface area contributed by atoms with E-state index in [-0.39, 0.29) is 11.7 Å². The summed E-state index contributed by atoms with van der Waals surface area (Å²) in [5.41, 5.74) is 9.67. The number of unbranched alkanes of at least 4 members (excludes halogenated alkanes) is 1. The van der Waals surface area contributed by atoms with Gasteiger partial charge in [0, 0.05) is 31.1 Å². The molecule has 0 spiro atoms. The van der Waals surface area contributed by atoms with Gasteiger partial charge in [0.25, 0.3) is 0 Å². The molecular weight excluding hydrogens is 484 g/mol. The third-order valence-electron chi connectivity index (χ3n) is 6.04. The number of carbonyl (C=O) groups excluding carboxylic acids is 1. The van der Waals surface area contributed by atoms with Crippen LogP contribution in [0.2, 0.25) is 0 Å². The van der Waals surface area contributed by atoms with Crippen LogP contribution in [0.5, 0.6) is 5.75 Å². The first-order valence-electron chi connectivity index (χ1n) is 12.7. The molecule has 11 nitrogen and oxygen atoms in total. The van der Waals surface area contributed by atoms with Crippen molar-refractivity contribution in [3.8, 4) is 5.75 Å². The average molecular weight is 520 g/mol. The van der Waals surface area contributed by atoms with Gasteiger partial charge in [-0.2, -0.15) is 0 Å². The first-order valence-corrected chi connectivity index (χ1v) is 12.7. The maximum Gasteiger partial charge on any atom is 0.221 e. The molecule has 0 radical (unpaired) electrons. The summed E-state index contributed by atoms with van der Waals surface area (Å²) in [5.74, 6) is 2.75. The highest BCUT2D eigenvalue weighted by atomic mass is 16.5. The average Bonchev–Trinajstić information content (AvgIpc) is 3.30. The molecule has 4 rings (SSSR count). The fourth-order valence-electron chi connectivity index (χ4n) is 4.10. The van der Waals surface area contributed by atoms with Crippen molar-refractivity contribution in [1.82, 2.24) is 24.9 Å². The minimum Gasteiger partial charge on any atom is -0.489 e. The van der Waals surface area contributed by atoms with Crippen LogP contribution in [0.15, 0.2) is 47.6 Å². The van der Waals surface area contributed by atoms with Crippen LogP contribution in [0.3, 0.4) is 0 Å². The van der Waals surface area contributed by atoms with Crippen LogP contribution in [0.1, 0.15) is 50.1 Å². The van der Waals surface area contributed by atoms with Crippen molar-refractivity contribution in [3.05, 3.63) is 59.4 Å². The number of nitrogens with zero attached hydrogens (tertiary/aromatic N) is 5. The van der Waals surface area contributed by atoms with E-state index in [4.69, 9.17) is 20.7 Å². The van der Waals surface area contributed by atoms with Gasteiger partial charge in [-0.3, -0.25) is 9.20 Å². The van der Waals surface area contributed by atoms with Gasteiger partial charge in [-0.15, -0.1) is 10.2 Å². The quantitative estimate of drug-likeness (QED) is 0.0854. The molecule has 38 heavy (non-hydrogen) atoms. The van der Waals surface area contributed by atoms with E-state index in [2.05, 4.69) is 26.0 Å². The van der Waals surface area contributed by atoms with E-state index in [9.17, 15) is 4.79 Å². The number of benzene rings is 2. The van der Waals surface area contributed by atoms with Crippen molar-refractivity contribution >= 4 is 34.2 Å². The van der Waals surface area contributed by atoms with Gasteiger partial charge in [-0.1, -0.05) is 38.1 Å². The van der Waals surface area contributed by atoms with Crippen LogP contribution in [0.4, 0.5) is 5.82 Å². The van der Waals surface area contributed by atoms with E-state index >= 15 is 0 Å². The molecule has 0 aliphatic heterocycles. The van der Waals surface area contributed by atoms with Crippen LogP contribution in [0, 0.1) is 12.8 Å². The molecule has 200 valence electrons. The summed E-state index contributed by atoms with van der Waals surface area (Å²) >= 11 is 0. The number of amides is 1. The van der Waals surface area contributed by atoms with Gasteiger partial charge in [0.2, 0.25) is 17.4 Å². The summed E-state index contributed by atoms with van der Waals surface area (Å²) in [7, 11) is 0. The van der Waals surface area contributed by atoms with Gasteiger partial charge in [-0.05, 0) is 43.4 Å².